The maximum absolute atomic E-state index is 5.59. The summed E-state index contributed by atoms with van der Waals surface area (Å²) in [6.45, 7) is 11.1. The largest absolute Gasteiger partial charge is 0.498 e. The van der Waals surface area contributed by atoms with Gasteiger partial charge in [0.05, 0.1) is 59.1 Å². The highest BCUT2D eigenvalue weighted by Gasteiger charge is 2.02. The third-order valence-electron chi connectivity index (χ3n) is 3.87. The molecule has 1 aromatic rings. The molecule has 0 atom stereocenters. The summed E-state index contributed by atoms with van der Waals surface area (Å²) in [5.74, 6) is 0. The first kappa shape index (κ1) is 24.3. The molecule has 0 unspecified atom stereocenters. The maximum Gasteiger partial charge on any atom is 0.111 e. The molecule has 1 aromatic carbocycles. The van der Waals surface area contributed by atoms with Gasteiger partial charge in [0.2, 0.25) is 0 Å². The van der Waals surface area contributed by atoms with Crippen LogP contribution in [0.5, 0.6) is 0 Å². The van der Waals surface area contributed by atoms with Crippen LogP contribution in [0, 0.1) is 0 Å². The first-order valence-corrected chi connectivity index (χ1v) is 9.47. The summed E-state index contributed by atoms with van der Waals surface area (Å²) in [6, 6.07) is 8.19. The van der Waals surface area contributed by atoms with Crippen molar-refractivity contribution in [1.82, 2.24) is 0 Å². The second-order valence-electron chi connectivity index (χ2n) is 6.12. The van der Waals surface area contributed by atoms with Gasteiger partial charge in [-0.3, -0.25) is 0 Å². The molecule has 0 saturated heterocycles. The fourth-order valence-electron chi connectivity index (χ4n) is 2.21. The third kappa shape index (κ3) is 11.2. The first-order valence-electron chi connectivity index (χ1n) is 9.47. The molecular formula is C22H34O6. The molecule has 0 N–H and O–H groups in total. The topological polar surface area (TPSA) is 55.4 Å². The van der Waals surface area contributed by atoms with E-state index in [-0.39, 0.29) is 0 Å². The van der Waals surface area contributed by atoms with Crippen LogP contribution in [0.15, 0.2) is 37.1 Å². The summed E-state index contributed by atoms with van der Waals surface area (Å²) < 4.78 is 31.7. The minimum atomic E-state index is 0.480. The van der Waals surface area contributed by atoms with Crippen LogP contribution in [0.2, 0.25) is 0 Å². The van der Waals surface area contributed by atoms with Crippen molar-refractivity contribution in [1.29, 1.82) is 0 Å². The lowest BCUT2D eigenvalue weighted by atomic mass is 10.0. The number of rotatable bonds is 17. The fraction of sp³-hybridized carbons (Fsp3) is 0.545. The molecule has 0 heterocycles. The predicted molar refractivity (Wildman–Crippen MR) is 111 cm³/mol. The Balaban J connectivity index is 2.27. The Bertz CT molecular complexity index is 553. The fourth-order valence-corrected chi connectivity index (χ4v) is 2.21. The van der Waals surface area contributed by atoms with Crippen molar-refractivity contribution >= 4 is 11.1 Å². The quantitative estimate of drug-likeness (QED) is 0.298. The van der Waals surface area contributed by atoms with Gasteiger partial charge in [-0.1, -0.05) is 30.8 Å². The number of allylic oxidation sites excluding steroid dienone is 1. The van der Waals surface area contributed by atoms with Crippen molar-refractivity contribution in [3.8, 4) is 0 Å². The molecule has 0 aliphatic rings. The number of hydrogen-bond acceptors (Lipinski definition) is 6. The molecule has 28 heavy (non-hydrogen) atoms. The van der Waals surface area contributed by atoms with Gasteiger partial charge in [0, 0.05) is 14.2 Å². The zero-order valence-electron chi connectivity index (χ0n) is 17.4. The van der Waals surface area contributed by atoms with E-state index >= 15 is 0 Å². The summed E-state index contributed by atoms with van der Waals surface area (Å²) in [5.41, 5.74) is 4.15. The standard InChI is InChI=1S/C22H34O6/c1-19(17-27-15-13-25-11-9-23-3)21-5-7-22(8-6-21)20(2)18-28-16-14-26-12-10-24-4/h5-8,18H,1,9-17H2,2-4H3/b20-18+. The molecular weight excluding hydrogens is 360 g/mol. The molecule has 1 rings (SSSR count). The predicted octanol–water partition coefficient (Wildman–Crippen LogP) is 3.42. The van der Waals surface area contributed by atoms with Crippen LogP contribution in [0.4, 0.5) is 0 Å². The SMILES string of the molecule is C=C(COCCOCCOC)c1ccc(/C(C)=C/OCCOCCOC)cc1. The highest BCUT2D eigenvalue weighted by atomic mass is 16.5. The Hall–Kier alpha value is -1.70. The molecule has 0 saturated carbocycles. The Morgan fingerprint density at radius 3 is 1.86 bits per heavy atom. The first-order chi connectivity index (χ1) is 13.7. The van der Waals surface area contributed by atoms with Crippen molar-refractivity contribution < 1.29 is 28.4 Å². The minimum Gasteiger partial charge on any atom is -0.498 e. The van der Waals surface area contributed by atoms with Crippen LogP contribution in [-0.2, 0) is 28.4 Å². The van der Waals surface area contributed by atoms with E-state index in [1.165, 1.54) is 0 Å². The van der Waals surface area contributed by atoms with E-state index in [9.17, 15) is 0 Å². The van der Waals surface area contributed by atoms with Gasteiger partial charge in [0.15, 0.2) is 0 Å². The summed E-state index contributed by atoms with van der Waals surface area (Å²) in [5, 5.41) is 0. The van der Waals surface area contributed by atoms with Gasteiger partial charge in [0.1, 0.15) is 6.61 Å². The molecule has 0 radical (unpaired) electrons. The van der Waals surface area contributed by atoms with Gasteiger partial charge in [-0.15, -0.1) is 0 Å². The van der Waals surface area contributed by atoms with E-state index in [1.807, 2.05) is 19.1 Å². The van der Waals surface area contributed by atoms with E-state index in [1.54, 1.807) is 20.5 Å². The van der Waals surface area contributed by atoms with E-state index in [0.717, 1.165) is 22.3 Å². The number of hydrogen-bond donors (Lipinski definition) is 0. The van der Waals surface area contributed by atoms with Crippen molar-refractivity contribution in [3.05, 3.63) is 48.2 Å². The zero-order chi connectivity index (χ0) is 20.5. The van der Waals surface area contributed by atoms with E-state index in [0.29, 0.717) is 59.5 Å². The van der Waals surface area contributed by atoms with Gasteiger partial charge < -0.3 is 28.4 Å². The average Bonchev–Trinajstić information content (AvgIpc) is 2.72. The zero-order valence-corrected chi connectivity index (χ0v) is 17.4. The van der Waals surface area contributed by atoms with Crippen LogP contribution in [0.1, 0.15) is 18.1 Å². The number of methoxy groups -OCH3 is 2. The van der Waals surface area contributed by atoms with Crippen LogP contribution in [0.25, 0.3) is 11.1 Å². The van der Waals surface area contributed by atoms with Gasteiger partial charge in [0.25, 0.3) is 0 Å². The molecule has 6 heteroatoms. The molecule has 158 valence electrons. The molecule has 0 amide bonds. The molecule has 0 aliphatic carbocycles. The number of ether oxygens (including phenoxy) is 6. The Morgan fingerprint density at radius 1 is 0.750 bits per heavy atom. The van der Waals surface area contributed by atoms with E-state index < -0.39 is 0 Å². The Morgan fingerprint density at radius 2 is 1.25 bits per heavy atom. The molecule has 6 nitrogen and oxygen atoms in total. The normalized spacial score (nSPS) is 11.6. The Labute approximate surface area is 169 Å². The lowest BCUT2D eigenvalue weighted by Crippen LogP contribution is -2.09. The van der Waals surface area contributed by atoms with Gasteiger partial charge in [-0.05, 0) is 29.2 Å². The highest BCUT2D eigenvalue weighted by Crippen LogP contribution is 2.18. The molecule has 0 bridgehead atoms. The molecule has 0 fully saturated rings. The maximum atomic E-state index is 5.59. The van der Waals surface area contributed by atoms with E-state index in [2.05, 4.69) is 18.7 Å². The average molecular weight is 395 g/mol. The van der Waals surface area contributed by atoms with Crippen molar-refractivity contribution in [3.63, 3.8) is 0 Å². The summed E-state index contributed by atoms with van der Waals surface area (Å²) >= 11 is 0. The minimum absolute atomic E-state index is 0.480. The van der Waals surface area contributed by atoms with E-state index in [4.69, 9.17) is 28.4 Å². The monoisotopic (exact) mass is 394 g/mol. The van der Waals surface area contributed by atoms with Gasteiger partial charge >= 0.3 is 0 Å². The van der Waals surface area contributed by atoms with Crippen LogP contribution in [0.3, 0.4) is 0 Å². The second-order valence-corrected chi connectivity index (χ2v) is 6.12. The second kappa shape index (κ2) is 16.3. The van der Waals surface area contributed by atoms with Crippen molar-refractivity contribution in [2.75, 3.05) is 73.7 Å². The Kier molecular flexibility index (Phi) is 14.1. The highest BCUT2D eigenvalue weighted by molar-refractivity contribution is 5.68. The summed E-state index contributed by atoms with van der Waals surface area (Å²) in [7, 11) is 3.31. The lowest BCUT2D eigenvalue weighted by molar-refractivity contribution is 0.0325. The number of benzene rings is 1. The van der Waals surface area contributed by atoms with Crippen molar-refractivity contribution in [2.45, 2.75) is 6.92 Å². The molecule has 0 aliphatic heterocycles. The summed E-state index contributed by atoms with van der Waals surface area (Å²) in [6.07, 6.45) is 1.76. The van der Waals surface area contributed by atoms with Crippen LogP contribution < -0.4 is 0 Å². The molecule has 0 spiro atoms. The van der Waals surface area contributed by atoms with Gasteiger partial charge in [-0.2, -0.15) is 0 Å². The van der Waals surface area contributed by atoms with Crippen molar-refractivity contribution in [2.24, 2.45) is 0 Å². The van der Waals surface area contributed by atoms with Crippen LogP contribution >= 0.6 is 0 Å². The smallest absolute Gasteiger partial charge is 0.111 e. The third-order valence-corrected chi connectivity index (χ3v) is 3.87. The summed E-state index contributed by atoms with van der Waals surface area (Å²) in [4.78, 5) is 0. The molecule has 0 aromatic heterocycles. The van der Waals surface area contributed by atoms with Gasteiger partial charge in [-0.25, -0.2) is 0 Å². The van der Waals surface area contributed by atoms with Crippen LogP contribution in [-0.4, -0.2) is 73.7 Å². The lowest BCUT2D eigenvalue weighted by Gasteiger charge is -2.10.